The van der Waals surface area contributed by atoms with Crippen LogP contribution in [0.15, 0.2) is 29.4 Å². The summed E-state index contributed by atoms with van der Waals surface area (Å²) in [6.45, 7) is 6.85. The summed E-state index contributed by atoms with van der Waals surface area (Å²) in [6, 6.07) is 5.86. The van der Waals surface area contributed by atoms with Crippen molar-refractivity contribution in [3.63, 3.8) is 0 Å². The summed E-state index contributed by atoms with van der Waals surface area (Å²) in [5.74, 6) is -0.436. The van der Waals surface area contributed by atoms with Gasteiger partial charge < -0.3 is 4.84 Å². The van der Waals surface area contributed by atoms with Crippen LogP contribution in [0.25, 0.3) is 0 Å². The molecule has 0 spiro atoms. The molecular weight excluding hydrogens is 248 g/mol. The van der Waals surface area contributed by atoms with E-state index in [1.165, 1.54) is 12.1 Å². The lowest BCUT2D eigenvalue weighted by Gasteiger charge is -2.13. The Morgan fingerprint density at radius 2 is 1.79 bits per heavy atom. The molecule has 1 aromatic carbocycles. The standard InChI is InChI=1S/C13H16N2O4/c1-9(14-19-12(16)13(2,3)4)10-5-7-11(8-6-10)15(17)18/h5-8H,1-4H3/b14-9+. The second-order valence-electron chi connectivity index (χ2n) is 5.11. The minimum atomic E-state index is -0.626. The number of hydrogen-bond donors (Lipinski definition) is 0. The summed E-state index contributed by atoms with van der Waals surface area (Å²) in [7, 11) is 0. The molecule has 0 N–H and O–H groups in total. The average molecular weight is 264 g/mol. The molecule has 0 bridgehead atoms. The molecule has 0 saturated carbocycles. The first-order chi connectivity index (χ1) is 8.71. The van der Waals surface area contributed by atoms with Gasteiger partial charge in [-0.3, -0.25) is 10.1 Å². The molecule has 0 saturated heterocycles. The Morgan fingerprint density at radius 1 is 1.26 bits per heavy atom. The second kappa shape index (κ2) is 5.60. The minimum Gasteiger partial charge on any atom is -0.317 e. The van der Waals surface area contributed by atoms with E-state index in [1.54, 1.807) is 39.8 Å². The van der Waals surface area contributed by atoms with Crippen LogP contribution in [0, 0.1) is 15.5 Å². The number of carbonyl (C=O) groups is 1. The molecule has 1 aromatic rings. The van der Waals surface area contributed by atoms with Gasteiger partial charge >= 0.3 is 5.97 Å². The Kier molecular flexibility index (Phi) is 4.37. The summed E-state index contributed by atoms with van der Waals surface area (Å²) < 4.78 is 0. The fourth-order valence-corrected chi connectivity index (χ4v) is 1.12. The predicted octanol–water partition coefficient (Wildman–Crippen LogP) is 2.91. The van der Waals surface area contributed by atoms with Crippen molar-refractivity contribution < 1.29 is 14.6 Å². The van der Waals surface area contributed by atoms with Crippen LogP contribution in [0.5, 0.6) is 0 Å². The summed E-state index contributed by atoms with van der Waals surface area (Å²) in [6.07, 6.45) is 0. The number of nitrogens with zero attached hydrogens (tertiary/aromatic N) is 2. The Bertz CT molecular complexity index is 512. The first kappa shape index (κ1) is 14.8. The molecule has 19 heavy (non-hydrogen) atoms. The van der Waals surface area contributed by atoms with E-state index < -0.39 is 16.3 Å². The highest BCUT2D eigenvalue weighted by Crippen LogP contribution is 2.16. The zero-order chi connectivity index (χ0) is 14.6. The van der Waals surface area contributed by atoms with Gasteiger partial charge in [-0.1, -0.05) is 5.16 Å². The fraction of sp³-hybridized carbons (Fsp3) is 0.385. The minimum absolute atomic E-state index is 0.00300. The monoisotopic (exact) mass is 264 g/mol. The lowest BCUT2D eigenvalue weighted by molar-refractivity contribution is -0.384. The van der Waals surface area contributed by atoms with Gasteiger partial charge in [0.1, 0.15) is 0 Å². The van der Waals surface area contributed by atoms with Gasteiger partial charge in [0.15, 0.2) is 0 Å². The van der Waals surface area contributed by atoms with E-state index in [0.717, 1.165) is 0 Å². The second-order valence-corrected chi connectivity index (χ2v) is 5.11. The number of benzene rings is 1. The topological polar surface area (TPSA) is 81.8 Å². The lowest BCUT2D eigenvalue weighted by atomic mass is 9.98. The SMILES string of the molecule is C/C(=N\OC(=O)C(C)(C)C)c1ccc([N+](=O)[O-])cc1. The Labute approximate surface area is 111 Å². The Morgan fingerprint density at radius 3 is 2.21 bits per heavy atom. The lowest BCUT2D eigenvalue weighted by Crippen LogP contribution is -2.21. The normalized spacial score (nSPS) is 12.1. The third kappa shape index (κ3) is 4.17. The largest absolute Gasteiger partial charge is 0.340 e. The van der Waals surface area contributed by atoms with Crippen molar-refractivity contribution in [2.45, 2.75) is 27.7 Å². The van der Waals surface area contributed by atoms with Gasteiger partial charge in [0.2, 0.25) is 0 Å². The van der Waals surface area contributed by atoms with Gasteiger partial charge in [-0.2, -0.15) is 0 Å². The zero-order valence-electron chi connectivity index (χ0n) is 11.3. The van der Waals surface area contributed by atoms with Gasteiger partial charge in [0.05, 0.1) is 16.0 Å². The van der Waals surface area contributed by atoms with Crippen molar-refractivity contribution in [2.75, 3.05) is 0 Å². The highest BCUT2D eigenvalue weighted by molar-refractivity contribution is 5.98. The van der Waals surface area contributed by atoms with Crippen LogP contribution in [0.2, 0.25) is 0 Å². The van der Waals surface area contributed by atoms with Crippen molar-refractivity contribution in [1.82, 2.24) is 0 Å². The number of oxime groups is 1. The molecule has 0 aromatic heterocycles. The summed E-state index contributed by atoms with van der Waals surface area (Å²) >= 11 is 0. The van der Waals surface area contributed by atoms with Crippen molar-refractivity contribution in [2.24, 2.45) is 10.6 Å². The molecule has 0 amide bonds. The molecule has 0 aliphatic carbocycles. The number of nitro benzene ring substituents is 1. The van der Waals surface area contributed by atoms with Crippen molar-refractivity contribution in [3.05, 3.63) is 39.9 Å². The van der Waals surface area contributed by atoms with E-state index in [0.29, 0.717) is 11.3 Å². The van der Waals surface area contributed by atoms with Crippen LogP contribution in [-0.2, 0) is 9.63 Å². The summed E-state index contributed by atoms with van der Waals surface area (Å²) in [5, 5.41) is 14.2. The van der Waals surface area contributed by atoms with Crippen molar-refractivity contribution in [1.29, 1.82) is 0 Å². The molecule has 6 heteroatoms. The first-order valence-electron chi connectivity index (χ1n) is 5.72. The predicted molar refractivity (Wildman–Crippen MR) is 70.9 cm³/mol. The van der Waals surface area contributed by atoms with Gasteiger partial charge in [0, 0.05) is 12.1 Å². The highest BCUT2D eigenvalue weighted by atomic mass is 16.7. The molecule has 0 aliphatic heterocycles. The van der Waals surface area contributed by atoms with E-state index in [1.807, 2.05) is 0 Å². The molecule has 0 atom stereocenters. The van der Waals surface area contributed by atoms with Gasteiger partial charge in [-0.05, 0) is 45.4 Å². The maximum Gasteiger partial charge on any atom is 0.340 e. The van der Waals surface area contributed by atoms with E-state index in [2.05, 4.69) is 5.16 Å². The van der Waals surface area contributed by atoms with E-state index in [9.17, 15) is 14.9 Å². The van der Waals surface area contributed by atoms with E-state index >= 15 is 0 Å². The Balaban J connectivity index is 2.80. The van der Waals surface area contributed by atoms with Crippen LogP contribution < -0.4 is 0 Å². The fourth-order valence-electron chi connectivity index (χ4n) is 1.12. The molecule has 102 valence electrons. The van der Waals surface area contributed by atoms with E-state index in [4.69, 9.17) is 4.84 Å². The highest BCUT2D eigenvalue weighted by Gasteiger charge is 2.23. The maximum absolute atomic E-state index is 11.5. The summed E-state index contributed by atoms with van der Waals surface area (Å²) in [5.41, 5.74) is 0.516. The molecule has 0 aliphatic rings. The van der Waals surface area contributed by atoms with Crippen LogP contribution in [-0.4, -0.2) is 16.6 Å². The number of hydrogen-bond acceptors (Lipinski definition) is 5. The third-order valence-corrected chi connectivity index (χ3v) is 2.37. The number of non-ortho nitro benzene ring substituents is 1. The van der Waals surface area contributed by atoms with Crippen LogP contribution in [0.1, 0.15) is 33.3 Å². The molecule has 0 radical (unpaired) electrons. The van der Waals surface area contributed by atoms with Crippen LogP contribution in [0.4, 0.5) is 5.69 Å². The number of nitro groups is 1. The smallest absolute Gasteiger partial charge is 0.317 e. The third-order valence-electron chi connectivity index (χ3n) is 2.37. The first-order valence-corrected chi connectivity index (χ1v) is 5.72. The van der Waals surface area contributed by atoms with Crippen LogP contribution in [0.3, 0.4) is 0 Å². The molecule has 0 fully saturated rings. The van der Waals surface area contributed by atoms with Gasteiger partial charge in [-0.15, -0.1) is 0 Å². The average Bonchev–Trinajstić information content (AvgIpc) is 2.34. The molecule has 6 nitrogen and oxygen atoms in total. The van der Waals surface area contributed by atoms with Crippen molar-refractivity contribution >= 4 is 17.4 Å². The molecular formula is C13H16N2O4. The quantitative estimate of drug-likeness (QED) is 0.364. The zero-order valence-corrected chi connectivity index (χ0v) is 11.3. The number of carbonyl (C=O) groups excluding carboxylic acids is 1. The van der Waals surface area contributed by atoms with E-state index in [-0.39, 0.29) is 5.69 Å². The van der Waals surface area contributed by atoms with Gasteiger partial charge in [-0.25, -0.2) is 4.79 Å². The molecule has 0 unspecified atom stereocenters. The Hall–Kier alpha value is -2.24. The van der Waals surface area contributed by atoms with Gasteiger partial charge in [0.25, 0.3) is 5.69 Å². The maximum atomic E-state index is 11.5. The molecule has 0 heterocycles. The number of rotatable bonds is 3. The van der Waals surface area contributed by atoms with Crippen LogP contribution >= 0.6 is 0 Å². The molecule has 1 rings (SSSR count). The summed E-state index contributed by atoms with van der Waals surface area (Å²) in [4.78, 5) is 26.4. The van der Waals surface area contributed by atoms with Crippen molar-refractivity contribution in [3.8, 4) is 0 Å².